The molecule has 0 aliphatic heterocycles. The summed E-state index contributed by atoms with van der Waals surface area (Å²) >= 11 is 6.91. The van der Waals surface area contributed by atoms with Crippen molar-refractivity contribution in [3.05, 3.63) is 69.1 Å². The van der Waals surface area contributed by atoms with Gasteiger partial charge >= 0.3 is 0 Å². The van der Waals surface area contributed by atoms with Gasteiger partial charge in [0.2, 0.25) is 0 Å². The van der Waals surface area contributed by atoms with Crippen LogP contribution in [0.4, 0.5) is 0 Å². The van der Waals surface area contributed by atoms with E-state index in [1.807, 2.05) is 48.5 Å². The highest BCUT2D eigenvalue weighted by molar-refractivity contribution is 9.11. The number of halogens is 2. The molecule has 3 aromatic rings. The molecule has 0 radical (unpaired) electrons. The second kappa shape index (κ2) is 5.88. The van der Waals surface area contributed by atoms with Crippen molar-refractivity contribution in [1.29, 1.82) is 5.26 Å². The largest absolute Gasteiger partial charge is 0.456 e. The lowest BCUT2D eigenvalue weighted by molar-refractivity contribution is 0.485. The summed E-state index contributed by atoms with van der Waals surface area (Å²) in [6, 6.07) is 19.3. The quantitative estimate of drug-likeness (QED) is 0.524. The zero-order chi connectivity index (χ0) is 14.8. The molecule has 0 heterocycles. The maximum Gasteiger partial charge on any atom is 0.141 e. The summed E-state index contributed by atoms with van der Waals surface area (Å²) in [7, 11) is 0. The molecule has 0 bridgehead atoms. The maximum atomic E-state index is 9.19. The normalized spacial score (nSPS) is 10.3. The Morgan fingerprint density at radius 2 is 1.57 bits per heavy atom. The van der Waals surface area contributed by atoms with Crippen LogP contribution in [-0.4, -0.2) is 0 Å². The highest BCUT2D eigenvalue weighted by atomic mass is 79.9. The first-order valence-electron chi connectivity index (χ1n) is 6.24. The smallest absolute Gasteiger partial charge is 0.141 e. The van der Waals surface area contributed by atoms with E-state index in [1.165, 1.54) is 0 Å². The molecule has 3 rings (SSSR count). The first-order valence-corrected chi connectivity index (χ1v) is 7.82. The van der Waals surface area contributed by atoms with Crippen molar-refractivity contribution in [2.45, 2.75) is 0 Å². The van der Waals surface area contributed by atoms with Gasteiger partial charge in [0, 0.05) is 15.2 Å². The molecular formula is C17H9Br2NO. The lowest BCUT2D eigenvalue weighted by atomic mass is 10.0. The number of fused-ring (bicyclic) bond motifs is 1. The topological polar surface area (TPSA) is 33.0 Å². The molecule has 4 heteroatoms. The Hall–Kier alpha value is -1.83. The zero-order valence-electron chi connectivity index (χ0n) is 10.8. The lowest BCUT2D eigenvalue weighted by Gasteiger charge is -2.11. The number of hydrogen-bond acceptors (Lipinski definition) is 2. The van der Waals surface area contributed by atoms with E-state index in [4.69, 9.17) is 4.74 Å². The second-order valence-electron chi connectivity index (χ2n) is 4.45. The first kappa shape index (κ1) is 14.1. The van der Waals surface area contributed by atoms with Crippen LogP contribution in [0, 0.1) is 11.3 Å². The van der Waals surface area contributed by atoms with Gasteiger partial charge in [-0.25, -0.2) is 0 Å². The summed E-state index contributed by atoms with van der Waals surface area (Å²) in [6.45, 7) is 0. The van der Waals surface area contributed by atoms with Crippen LogP contribution in [-0.2, 0) is 0 Å². The van der Waals surface area contributed by atoms with Crippen LogP contribution in [0.3, 0.4) is 0 Å². The molecule has 0 fully saturated rings. The number of ether oxygens (including phenoxy) is 1. The third-order valence-electron chi connectivity index (χ3n) is 3.12. The number of rotatable bonds is 2. The van der Waals surface area contributed by atoms with E-state index in [-0.39, 0.29) is 0 Å². The minimum atomic E-state index is 0.646. The van der Waals surface area contributed by atoms with Gasteiger partial charge in [-0.05, 0) is 46.3 Å². The molecule has 21 heavy (non-hydrogen) atoms. The van der Waals surface area contributed by atoms with E-state index < -0.39 is 0 Å². The van der Waals surface area contributed by atoms with Crippen LogP contribution in [0.1, 0.15) is 5.56 Å². The molecule has 0 saturated carbocycles. The van der Waals surface area contributed by atoms with Gasteiger partial charge in [0.25, 0.3) is 0 Å². The predicted molar refractivity (Wildman–Crippen MR) is 90.6 cm³/mol. The Morgan fingerprint density at radius 3 is 2.29 bits per heavy atom. The predicted octanol–water partition coefficient (Wildman–Crippen LogP) is 6.03. The van der Waals surface area contributed by atoms with Crippen molar-refractivity contribution in [3.8, 4) is 17.6 Å². The van der Waals surface area contributed by atoms with E-state index in [2.05, 4.69) is 37.9 Å². The van der Waals surface area contributed by atoms with Crippen molar-refractivity contribution >= 4 is 42.6 Å². The molecule has 0 atom stereocenters. The van der Waals surface area contributed by atoms with Crippen molar-refractivity contribution in [3.63, 3.8) is 0 Å². The molecule has 2 nitrogen and oxygen atoms in total. The Balaban J connectivity index is 2.12. The highest BCUT2D eigenvalue weighted by Crippen LogP contribution is 2.36. The van der Waals surface area contributed by atoms with Gasteiger partial charge in [0.15, 0.2) is 0 Å². The Morgan fingerprint density at radius 1 is 0.857 bits per heavy atom. The molecule has 3 aromatic carbocycles. The molecule has 0 unspecified atom stereocenters. The summed E-state index contributed by atoms with van der Waals surface area (Å²) in [4.78, 5) is 0. The molecular weight excluding hydrogens is 394 g/mol. The molecule has 0 amide bonds. The summed E-state index contributed by atoms with van der Waals surface area (Å²) in [5.41, 5.74) is 0.646. The summed E-state index contributed by atoms with van der Waals surface area (Å²) in [5.74, 6) is 1.46. The average Bonchev–Trinajstić information content (AvgIpc) is 2.50. The van der Waals surface area contributed by atoms with Crippen LogP contribution < -0.4 is 4.74 Å². The van der Waals surface area contributed by atoms with Crippen molar-refractivity contribution in [2.24, 2.45) is 0 Å². The standard InChI is InChI=1S/C17H9Br2NO/c18-12-6-8-17(15(19)9-12)21-16-7-5-11(10-20)13-3-1-2-4-14(13)16/h1-9H. The van der Waals surface area contributed by atoms with Gasteiger partial charge in [-0.3, -0.25) is 0 Å². The lowest BCUT2D eigenvalue weighted by Crippen LogP contribution is -1.89. The fourth-order valence-electron chi connectivity index (χ4n) is 2.13. The molecule has 0 spiro atoms. The maximum absolute atomic E-state index is 9.19. The number of benzene rings is 3. The summed E-state index contributed by atoms with van der Waals surface area (Å²) in [5, 5.41) is 11.0. The minimum absolute atomic E-state index is 0.646. The van der Waals surface area contributed by atoms with Crippen LogP contribution in [0.2, 0.25) is 0 Å². The Kier molecular flexibility index (Phi) is 3.96. The molecule has 0 aromatic heterocycles. The number of hydrogen-bond donors (Lipinski definition) is 0. The highest BCUT2D eigenvalue weighted by Gasteiger charge is 2.09. The van der Waals surface area contributed by atoms with Crippen molar-refractivity contribution < 1.29 is 4.74 Å². The van der Waals surface area contributed by atoms with E-state index in [0.717, 1.165) is 31.2 Å². The van der Waals surface area contributed by atoms with Crippen LogP contribution >= 0.6 is 31.9 Å². The van der Waals surface area contributed by atoms with Gasteiger partial charge in [-0.15, -0.1) is 0 Å². The third kappa shape index (κ3) is 2.80. The third-order valence-corrected chi connectivity index (χ3v) is 4.23. The molecule has 0 aliphatic carbocycles. The SMILES string of the molecule is N#Cc1ccc(Oc2ccc(Br)cc2Br)c2ccccc12. The minimum Gasteiger partial charge on any atom is -0.456 e. The fourth-order valence-corrected chi connectivity index (χ4v) is 3.26. The zero-order valence-corrected chi connectivity index (χ0v) is 14.0. The van der Waals surface area contributed by atoms with Crippen molar-refractivity contribution in [1.82, 2.24) is 0 Å². The van der Waals surface area contributed by atoms with E-state index in [9.17, 15) is 5.26 Å². The summed E-state index contributed by atoms with van der Waals surface area (Å²) in [6.07, 6.45) is 0. The van der Waals surface area contributed by atoms with Crippen LogP contribution in [0.5, 0.6) is 11.5 Å². The number of nitrogens with zero attached hydrogens (tertiary/aromatic N) is 1. The van der Waals surface area contributed by atoms with E-state index >= 15 is 0 Å². The van der Waals surface area contributed by atoms with Crippen molar-refractivity contribution in [2.75, 3.05) is 0 Å². The van der Waals surface area contributed by atoms with E-state index in [0.29, 0.717) is 5.56 Å². The Labute approximate surface area is 139 Å². The van der Waals surface area contributed by atoms with Crippen LogP contribution in [0.25, 0.3) is 10.8 Å². The average molecular weight is 403 g/mol. The molecule has 102 valence electrons. The Bertz CT molecular complexity index is 868. The summed E-state index contributed by atoms with van der Waals surface area (Å²) < 4.78 is 7.84. The van der Waals surface area contributed by atoms with Gasteiger partial charge in [0.05, 0.1) is 16.1 Å². The van der Waals surface area contributed by atoms with Crippen LogP contribution in [0.15, 0.2) is 63.5 Å². The van der Waals surface area contributed by atoms with E-state index in [1.54, 1.807) is 6.07 Å². The van der Waals surface area contributed by atoms with Gasteiger partial charge < -0.3 is 4.74 Å². The monoisotopic (exact) mass is 401 g/mol. The molecule has 0 aliphatic rings. The second-order valence-corrected chi connectivity index (χ2v) is 6.22. The fraction of sp³-hybridized carbons (Fsp3) is 0. The number of nitriles is 1. The van der Waals surface area contributed by atoms with Gasteiger partial charge in [0.1, 0.15) is 11.5 Å². The molecule has 0 N–H and O–H groups in total. The molecule has 0 saturated heterocycles. The van der Waals surface area contributed by atoms with Gasteiger partial charge in [-0.1, -0.05) is 40.2 Å². The van der Waals surface area contributed by atoms with Gasteiger partial charge in [-0.2, -0.15) is 5.26 Å². The first-order chi connectivity index (χ1) is 10.2.